The summed E-state index contributed by atoms with van der Waals surface area (Å²) in [6.45, 7) is 8.86. The van der Waals surface area contributed by atoms with Crippen LogP contribution in [0.2, 0.25) is 0 Å². The molecule has 0 amide bonds. The quantitative estimate of drug-likeness (QED) is 0.902. The Labute approximate surface area is 121 Å². The first-order valence-electron chi connectivity index (χ1n) is 7.02. The Morgan fingerprint density at radius 1 is 1.00 bits per heavy atom. The van der Waals surface area contributed by atoms with Gasteiger partial charge in [-0.15, -0.1) is 0 Å². The van der Waals surface area contributed by atoms with Crippen LogP contribution in [0.5, 0.6) is 5.75 Å². The summed E-state index contributed by atoms with van der Waals surface area (Å²) in [6, 6.07) is 12.6. The summed E-state index contributed by atoms with van der Waals surface area (Å²) >= 11 is 0. The average Bonchev–Trinajstić information content (AvgIpc) is 2.40. The van der Waals surface area contributed by atoms with Gasteiger partial charge in [-0.3, -0.25) is 0 Å². The van der Waals surface area contributed by atoms with E-state index in [0.29, 0.717) is 6.61 Å². The molecule has 0 spiro atoms. The van der Waals surface area contributed by atoms with Crippen LogP contribution in [0.25, 0.3) is 0 Å². The first kappa shape index (κ1) is 14.6. The standard InChI is InChI=1S/C18H23NO/c1-12-5-8-17(15(4)19)18(9-12)20-11-16-7-6-13(2)14(3)10-16/h5-10,15H,11,19H2,1-4H3/t15-/m0/s1. The summed E-state index contributed by atoms with van der Waals surface area (Å²) in [5, 5.41) is 0. The molecule has 2 nitrogen and oxygen atoms in total. The van der Waals surface area contributed by atoms with Gasteiger partial charge in [-0.1, -0.05) is 30.3 Å². The molecule has 0 radical (unpaired) electrons. The van der Waals surface area contributed by atoms with Crippen LogP contribution in [-0.2, 0) is 6.61 Å². The highest BCUT2D eigenvalue weighted by Gasteiger charge is 2.08. The van der Waals surface area contributed by atoms with Crippen molar-refractivity contribution in [2.75, 3.05) is 0 Å². The molecular weight excluding hydrogens is 246 g/mol. The molecule has 2 N–H and O–H groups in total. The van der Waals surface area contributed by atoms with Crippen molar-refractivity contribution in [3.63, 3.8) is 0 Å². The third-order valence-corrected chi connectivity index (χ3v) is 3.63. The zero-order valence-electron chi connectivity index (χ0n) is 12.7. The van der Waals surface area contributed by atoms with Crippen LogP contribution >= 0.6 is 0 Å². The number of hydrogen-bond donors (Lipinski definition) is 1. The van der Waals surface area contributed by atoms with E-state index >= 15 is 0 Å². The van der Waals surface area contributed by atoms with E-state index < -0.39 is 0 Å². The first-order valence-corrected chi connectivity index (χ1v) is 7.02. The Morgan fingerprint density at radius 3 is 2.40 bits per heavy atom. The van der Waals surface area contributed by atoms with Gasteiger partial charge in [0.05, 0.1) is 0 Å². The normalized spacial score (nSPS) is 12.2. The van der Waals surface area contributed by atoms with Gasteiger partial charge in [0.1, 0.15) is 12.4 Å². The van der Waals surface area contributed by atoms with Gasteiger partial charge in [0.25, 0.3) is 0 Å². The smallest absolute Gasteiger partial charge is 0.124 e. The Morgan fingerprint density at radius 2 is 1.75 bits per heavy atom. The second-order valence-corrected chi connectivity index (χ2v) is 5.54. The van der Waals surface area contributed by atoms with Crippen molar-refractivity contribution < 1.29 is 4.74 Å². The Balaban J connectivity index is 2.17. The Hall–Kier alpha value is -1.80. The van der Waals surface area contributed by atoms with Crippen LogP contribution < -0.4 is 10.5 Å². The zero-order valence-corrected chi connectivity index (χ0v) is 12.7. The minimum atomic E-state index is -0.0228. The lowest BCUT2D eigenvalue weighted by Crippen LogP contribution is -2.08. The molecule has 2 heteroatoms. The van der Waals surface area contributed by atoms with Crippen molar-refractivity contribution in [3.8, 4) is 5.75 Å². The molecule has 2 rings (SSSR count). The molecule has 2 aromatic carbocycles. The van der Waals surface area contributed by atoms with Gasteiger partial charge in [-0.2, -0.15) is 0 Å². The van der Waals surface area contributed by atoms with Gasteiger partial charge >= 0.3 is 0 Å². The van der Waals surface area contributed by atoms with Crippen LogP contribution in [0.1, 0.15) is 40.8 Å². The lowest BCUT2D eigenvalue weighted by Gasteiger charge is -2.15. The summed E-state index contributed by atoms with van der Waals surface area (Å²) < 4.78 is 5.98. The SMILES string of the molecule is Cc1ccc([C@H](C)N)c(OCc2ccc(C)c(C)c2)c1. The van der Waals surface area contributed by atoms with Gasteiger partial charge in [0.15, 0.2) is 0 Å². The van der Waals surface area contributed by atoms with Gasteiger partial charge in [-0.25, -0.2) is 0 Å². The molecule has 0 fully saturated rings. The molecule has 0 bridgehead atoms. The van der Waals surface area contributed by atoms with Gasteiger partial charge in [0, 0.05) is 11.6 Å². The van der Waals surface area contributed by atoms with Crippen molar-refractivity contribution in [1.82, 2.24) is 0 Å². The second kappa shape index (κ2) is 6.10. The number of aryl methyl sites for hydroxylation is 3. The second-order valence-electron chi connectivity index (χ2n) is 5.54. The molecule has 0 aliphatic heterocycles. The molecule has 0 saturated carbocycles. The molecule has 2 aromatic rings. The maximum absolute atomic E-state index is 6.00. The molecule has 106 valence electrons. The third-order valence-electron chi connectivity index (χ3n) is 3.63. The molecule has 0 saturated heterocycles. The molecule has 0 unspecified atom stereocenters. The van der Waals surface area contributed by atoms with Crippen molar-refractivity contribution in [1.29, 1.82) is 0 Å². The van der Waals surface area contributed by atoms with Crippen LogP contribution in [0.4, 0.5) is 0 Å². The highest BCUT2D eigenvalue weighted by Crippen LogP contribution is 2.26. The monoisotopic (exact) mass is 269 g/mol. The molecule has 0 heterocycles. The number of hydrogen-bond acceptors (Lipinski definition) is 2. The van der Waals surface area contributed by atoms with E-state index in [9.17, 15) is 0 Å². The van der Waals surface area contributed by atoms with Crippen LogP contribution in [-0.4, -0.2) is 0 Å². The maximum Gasteiger partial charge on any atom is 0.124 e. The minimum Gasteiger partial charge on any atom is -0.489 e. The molecule has 20 heavy (non-hydrogen) atoms. The lowest BCUT2D eigenvalue weighted by molar-refractivity contribution is 0.301. The largest absolute Gasteiger partial charge is 0.489 e. The fourth-order valence-electron chi connectivity index (χ4n) is 2.20. The van der Waals surface area contributed by atoms with E-state index in [0.717, 1.165) is 11.3 Å². The van der Waals surface area contributed by atoms with Crippen LogP contribution in [0, 0.1) is 20.8 Å². The van der Waals surface area contributed by atoms with Crippen molar-refractivity contribution in [3.05, 3.63) is 64.2 Å². The fraction of sp³-hybridized carbons (Fsp3) is 0.333. The van der Waals surface area contributed by atoms with E-state index in [1.807, 2.05) is 6.92 Å². The van der Waals surface area contributed by atoms with E-state index in [1.165, 1.54) is 22.3 Å². The van der Waals surface area contributed by atoms with E-state index in [2.05, 4.69) is 57.2 Å². The Bertz CT molecular complexity index is 602. The minimum absolute atomic E-state index is 0.0228. The summed E-state index contributed by atoms with van der Waals surface area (Å²) in [6.07, 6.45) is 0. The zero-order chi connectivity index (χ0) is 14.7. The topological polar surface area (TPSA) is 35.2 Å². The number of rotatable bonds is 4. The van der Waals surface area contributed by atoms with E-state index in [1.54, 1.807) is 0 Å². The summed E-state index contributed by atoms with van der Waals surface area (Å²) in [5.41, 5.74) is 12.0. The van der Waals surface area contributed by atoms with Gasteiger partial charge in [0.2, 0.25) is 0 Å². The number of ether oxygens (including phenoxy) is 1. The van der Waals surface area contributed by atoms with Gasteiger partial charge in [-0.05, 0) is 56.0 Å². The maximum atomic E-state index is 6.00. The lowest BCUT2D eigenvalue weighted by atomic mass is 10.1. The number of nitrogens with two attached hydrogens (primary N) is 1. The predicted molar refractivity (Wildman–Crippen MR) is 84.0 cm³/mol. The molecule has 0 aliphatic carbocycles. The van der Waals surface area contributed by atoms with Crippen LogP contribution in [0.3, 0.4) is 0 Å². The highest BCUT2D eigenvalue weighted by atomic mass is 16.5. The summed E-state index contributed by atoms with van der Waals surface area (Å²) in [5.74, 6) is 0.887. The Kier molecular flexibility index (Phi) is 4.46. The molecule has 1 atom stereocenters. The fourth-order valence-corrected chi connectivity index (χ4v) is 2.20. The highest BCUT2D eigenvalue weighted by molar-refractivity contribution is 5.39. The average molecular weight is 269 g/mol. The number of benzene rings is 2. The molecule has 0 aliphatic rings. The molecular formula is C18H23NO. The summed E-state index contributed by atoms with van der Waals surface area (Å²) in [7, 11) is 0. The summed E-state index contributed by atoms with van der Waals surface area (Å²) in [4.78, 5) is 0. The predicted octanol–water partition coefficient (Wildman–Crippen LogP) is 4.21. The first-order chi connectivity index (χ1) is 9.47. The van der Waals surface area contributed by atoms with E-state index in [-0.39, 0.29) is 6.04 Å². The van der Waals surface area contributed by atoms with Crippen molar-refractivity contribution in [2.45, 2.75) is 40.3 Å². The van der Waals surface area contributed by atoms with Crippen molar-refractivity contribution in [2.24, 2.45) is 5.73 Å². The van der Waals surface area contributed by atoms with Crippen LogP contribution in [0.15, 0.2) is 36.4 Å². The third kappa shape index (κ3) is 3.40. The van der Waals surface area contributed by atoms with Crippen molar-refractivity contribution >= 4 is 0 Å². The van der Waals surface area contributed by atoms with E-state index in [4.69, 9.17) is 10.5 Å². The van der Waals surface area contributed by atoms with Gasteiger partial charge < -0.3 is 10.5 Å². The molecule has 0 aromatic heterocycles.